The van der Waals surface area contributed by atoms with Crippen LogP contribution < -0.4 is 0 Å². The molecule has 2 aromatic carbocycles. The Morgan fingerprint density at radius 1 is 0.933 bits per heavy atom. The smallest absolute Gasteiger partial charge is 0.303 e. The molecule has 162 valence electrons. The second kappa shape index (κ2) is 11.2. The van der Waals surface area contributed by atoms with E-state index >= 15 is 0 Å². The number of piperidine rings is 1. The van der Waals surface area contributed by atoms with Gasteiger partial charge in [0.2, 0.25) is 0 Å². The van der Waals surface area contributed by atoms with Crippen molar-refractivity contribution in [2.45, 2.75) is 50.7 Å². The lowest BCUT2D eigenvalue weighted by atomic mass is 9.99. The van der Waals surface area contributed by atoms with Gasteiger partial charge < -0.3 is 14.7 Å². The molecule has 0 atom stereocenters. The lowest BCUT2D eigenvalue weighted by molar-refractivity contribution is -0.137. The summed E-state index contributed by atoms with van der Waals surface area (Å²) in [5, 5.41) is 8.69. The van der Waals surface area contributed by atoms with E-state index in [-0.39, 0.29) is 30.3 Å². The monoisotopic (exact) mass is 417 g/mol. The van der Waals surface area contributed by atoms with E-state index < -0.39 is 5.97 Å². The molecule has 3 rings (SSSR count). The van der Waals surface area contributed by atoms with E-state index in [9.17, 15) is 13.6 Å². The molecule has 1 N–H and O–H groups in total. The highest BCUT2D eigenvalue weighted by Gasteiger charge is 2.24. The second-order valence-electron chi connectivity index (χ2n) is 7.86. The van der Waals surface area contributed by atoms with Gasteiger partial charge >= 0.3 is 5.97 Å². The van der Waals surface area contributed by atoms with Crippen molar-refractivity contribution in [3.63, 3.8) is 0 Å². The number of likely N-dealkylation sites (tertiary alicyclic amines) is 1. The van der Waals surface area contributed by atoms with E-state index in [0.717, 1.165) is 62.9 Å². The van der Waals surface area contributed by atoms with E-state index in [1.165, 1.54) is 24.3 Å². The summed E-state index contributed by atoms with van der Waals surface area (Å²) in [5.41, 5.74) is 1.70. The average molecular weight is 417 g/mol. The maximum absolute atomic E-state index is 13.4. The van der Waals surface area contributed by atoms with Gasteiger partial charge in [0.05, 0.1) is 6.10 Å². The summed E-state index contributed by atoms with van der Waals surface area (Å²) < 4.78 is 33.2. The van der Waals surface area contributed by atoms with Crippen molar-refractivity contribution in [1.29, 1.82) is 0 Å². The Labute approximate surface area is 176 Å². The molecular weight excluding hydrogens is 388 g/mol. The lowest BCUT2D eigenvalue weighted by Crippen LogP contribution is -2.38. The van der Waals surface area contributed by atoms with Crippen LogP contribution in [0.25, 0.3) is 0 Å². The molecule has 1 saturated heterocycles. The number of nitrogens with zero attached hydrogens (tertiary/aromatic N) is 1. The van der Waals surface area contributed by atoms with Crippen LogP contribution in [-0.4, -0.2) is 41.7 Å². The van der Waals surface area contributed by atoms with Crippen molar-refractivity contribution in [3.8, 4) is 0 Å². The van der Waals surface area contributed by atoms with E-state index in [1.54, 1.807) is 24.3 Å². The first-order valence-electron chi connectivity index (χ1n) is 10.6. The summed E-state index contributed by atoms with van der Waals surface area (Å²) in [6.07, 6.45) is 4.41. The fraction of sp³-hybridized carbons (Fsp3) is 0.458. The summed E-state index contributed by atoms with van der Waals surface area (Å²) in [6, 6.07) is 12.5. The molecule has 0 aliphatic carbocycles. The van der Waals surface area contributed by atoms with Gasteiger partial charge in [0, 0.05) is 19.5 Å². The third kappa shape index (κ3) is 6.89. The van der Waals surface area contributed by atoms with Crippen LogP contribution in [0.3, 0.4) is 0 Å². The zero-order valence-electron chi connectivity index (χ0n) is 17.1. The quantitative estimate of drug-likeness (QED) is 0.541. The Balaban J connectivity index is 1.54. The van der Waals surface area contributed by atoms with Gasteiger partial charge in [-0.15, -0.1) is 0 Å². The normalized spacial score (nSPS) is 15.6. The summed E-state index contributed by atoms with van der Waals surface area (Å²) >= 11 is 0. The standard InChI is InChI=1S/C24H29F2NO3/c25-20-9-5-18(6-10-20)24(19-7-11-21(26)12-8-19)30-22-13-16-27(17-14-22)15-3-1-2-4-23(28)29/h5-12,22,24H,1-4,13-17H2,(H,28,29). The Kier molecular flexibility index (Phi) is 8.34. The summed E-state index contributed by atoms with van der Waals surface area (Å²) in [7, 11) is 0. The number of carboxylic acids is 1. The number of unbranched alkanes of at least 4 members (excludes halogenated alkanes) is 2. The van der Waals surface area contributed by atoms with Crippen molar-refractivity contribution < 1.29 is 23.4 Å². The minimum atomic E-state index is -0.732. The van der Waals surface area contributed by atoms with Gasteiger partial charge in [0.1, 0.15) is 17.7 Å². The molecule has 0 saturated carbocycles. The number of ether oxygens (including phenoxy) is 1. The first-order valence-corrected chi connectivity index (χ1v) is 10.6. The molecule has 0 radical (unpaired) electrons. The molecule has 0 spiro atoms. The molecule has 1 heterocycles. The summed E-state index contributed by atoms with van der Waals surface area (Å²) in [6.45, 7) is 2.85. The third-order valence-corrected chi connectivity index (χ3v) is 5.57. The zero-order chi connectivity index (χ0) is 21.3. The number of carbonyl (C=O) groups is 1. The topological polar surface area (TPSA) is 49.8 Å². The van der Waals surface area contributed by atoms with Crippen LogP contribution in [0.4, 0.5) is 8.78 Å². The van der Waals surface area contributed by atoms with Crippen LogP contribution in [0, 0.1) is 11.6 Å². The van der Waals surface area contributed by atoms with Crippen molar-refractivity contribution >= 4 is 5.97 Å². The van der Waals surface area contributed by atoms with E-state index in [2.05, 4.69) is 4.90 Å². The van der Waals surface area contributed by atoms with E-state index in [4.69, 9.17) is 9.84 Å². The van der Waals surface area contributed by atoms with Crippen molar-refractivity contribution in [2.24, 2.45) is 0 Å². The summed E-state index contributed by atoms with van der Waals surface area (Å²) in [5.74, 6) is -1.33. The number of aliphatic carboxylic acids is 1. The van der Waals surface area contributed by atoms with Crippen molar-refractivity contribution in [3.05, 3.63) is 71.3 Å². The van der Waals surface area contributed by atoms with Gasteiger partial charge in [0.15, 0.2) is 0 Å². The third-order valence-electron chi connectivity index (χ3n) is 5.57. The van der Waals surface area contributed by atoms with Crippen LogP contribution in [0.1, 0.15) is 55.8 Å². The Morgan fingerprint density at radius 2 is 1.47 bits per heavy atom. The minimum absolute atomic E-state index is 0.0772. The van der Waals surface area contributed by atoms with E-state index in [1.807, 2.05) is 0 Å². The molecule has 0 bridgehead atoms. The molecule has 30 heavy (non-hydrogen) atoms. The molecule has 0 amide bonds. The number of carboxylic acid groups (broad SMARTS) is 1. The van der Waals surface area contributed by atoms with Crippen LogP contribution >= 0.6 is 0 Å². The largest absolute Gasteiger partial charge is 0.481 e. The van der Waals surface area contributed by atoms with Crippen LogP contribution in [0.15, 0.2) is 48.5 Å². The number of rotatable bonds is 10. The Morgan fingerprint density at radius 3 is 1.97 bits per heavy atom. The average Bonchev–Trinajstić information content (AvgIpc) is 2.74. The molecule has 1 fully saturated rings. The zero-order valence-corrected chi connectivity index (χ0v) is 17.1. The number of hydrogen-bond acceptors (Lipinski definition) is 3. The Hall–Kier alpha value is -2.31. The Bertz CT molecular complexity index is 742. The maximum atomic E-state index is 13.4. The maximum Gasteiger partial charge on any atom is 0.303 e. The van der Waals surface area contributed by atoms with Crippen LogP contribution in [-0.2, 0) is 9.53 Å². The molecule has 6 heteroatoms. The second-order valence-corrected chi connectivity index (χ2v) is 7.86. The highest BCUT2D eigenvalue weighted by atomic mass is 19.1. The number of hydrogen-bond donors (Lipinski definition) is 1. The molecular formula is C24H29F2NO3. The fourth-order valence-corrected chi connectivity index (χ4v) is 3.87. The SMILES string of the molecule is O=C(O)CCCCCN1CCC(OC(c2ccc(F)cc2)c2ccc(F)cc2)CC1. The minimum Gasteiger partial charge on any atom is -0.481 e. The molecule has 1 aliphatic rings. The lowest BCUT2D eigenvalue weighted by Gasteiger charge is -2.34. The van der Waals surface area contributed by atoms with Gasteiger partial charge in [-0.05, 0) is 67.6 Å². The van der Waals surface area contributed by atoms with Gasteiger partial charge in [0.25, 0.3) is 0 Å². The van der Waals surface area contributed by atoms with Gasteiger partial charge in [-0.1, -0.05) is 30.7 Å². The van der Waals surface area contributed by atoms with Gasteiger partial charge in [-0.25, -0.2) is 8.78 Å². The van der Waals surface area contributed by atoms with E-state index in [0.29, 0.717) is 0 Å². The van der Waals surface area contributed by atoms with Crippen molar-refractivity contribution in [2.75, 3.05) is 19.6 Å². The van der Waals surface area contributed by atoms with Gasteiger partial charge in [-0.3, -0.25) is 4.79 Å². The van der Waals surface area contributed by atoms with Crippen LogP contribution in [0.2, 0.25) is 0 Å². The first-order chi connectivity index (χ1) is 14.5. The molecule has 1 aliphatic heterocycles. The van der Waals surface area contributed by atoms with Crippen LogP contribution in [0.5, 0.6) is 0 Å². The predicted octanol–water partition coefficient (Wildman–Crippen LogP) is 5.18. The molecule has 0 unspecified atom stereocenters. The predicted molar refractivity (Wildman–Crippen MR) is 111 cm³/mol. The molecule has 0 aromatic heterocycles. The fourth-order valence-electron chi connectivity index (χ4n) is 3.87. The van der Waals surface area contributed by atoms with Crippen molar-refractivity contribution in [1.82, 2.24) is 4.90 Å². The highest BCUT2D eigenvalue weighted by molar-refractivity contribution is 5.66. The summed E-state index contributed by atoms with van der Waals surface area (Å²) in [4.78, 5) is 13.0. The number of halogens is 2. The van der Waals surface area contributed by atoms with Gasteiger partial charge in [-0.2, -0.15) is 0 Å². The molecule has 4 nitrogen and oxygen atoms in total. The highest BCUT2D eigenvalue weighted by Crippen LogP contribution is 2.30. The first kappa shape index (κ1) is 22.4. The molecule has 2 aromatic rings. The number of benzene rings is 2.